The number of hydrogen-bond acceptors (Lipinski definition) is 3. The number of amides is 1. The maximum absolute atomic E-state index is 13.1. The molecule has 1 aromatic carbocycles. The van der Waals surface area contributed by atoms with Crippen LogP contribution in [-0.4, -0.2) is 16.1 Å². The first kappa shape index (κ1) is 13.6. The van der Waals surface area contributed by atoms with Gasteiger partial charge in [-0.3, -0.25) is 4.79 Å². The number of nitrogens with zero attached hydrogens (tertiary/aromatic N) is 2. The summed E-state index contributed by atoms with van der Waals surface area (Å²) in [5, 5.41) is 10.4. The predicted molar refractivity (Wildman–Crippen MR) is 73.6 cm³/mol. The molecule has 1 amide bonds. The summed E-state index contributed by atoms with van der Waals surface area (Å²) in [6.45, 7) is 3.45. The lowest BCUT2D eigenvalue weighted by Crippen LogP contribution is -2.15. The van der Waals surface area contributed by atoms with Crippen molar-refractivity contribution in [1.82, 2.24) is 10.2 Å². The number of benzene rings is 1. The number of aromatic nitrogens is 2. The molecule has 0 fully saturated rings. The quantitative estimate of drug-likeness (QED) is 0.923. The summed E-state index contributed by atoms with van der Waals surface area (Å²) in [5.41, 5.74) is 1.97. The van der Waals surface area contributed by atoms with E-state index in [1.807, 2.05) is 0 Å². The molecule has 4 nitrogen and oxygen atoms in total. The second-order valence-corrected chi connectivity index (χ2v) is 4.92. The minimum absolute atomic E-state index is 0.346. The lowest BCUT2D eigenvalue weighted by molar-refractivity contribution is 0.102. The molecule has 2 rings (SSSR count). The summed E-state index contributed by atoms with van der Waals surface area (Å²) >= 11 is 3.26. The Kier molecular flexibility index (Phi) is 3.90. The van der Waals surface area contributed by atoms with Gasteiger partial charge in [0.15, 0.2) is 0 Å². The summed E-state index contributed by atoms with van der Waals surface area (Å²) in [5.74, 6) is -0.763. The highest BCUT2D eigenvalue weighted by molar-refractivity contribution is 9.10. The summed E-state index contributed by atoms with van der Waals surface area (Å²) in [6, 6.07) is 5.74. The van der Waals surface area contributed by atoms with Gasteiger partial charge in [0.1, 0.15) is 5.82 Å². The van der Waals surface area contributed by atoms with Gasteiger partial charge in [-0.15, -0.1) is 0 Å². The van der Waals surface area contributed by atoms with Gasteiger partial charge in [-0.25, -0.2) is 4.39 Å². The maximum atomic E-state index is 13.1. The molecule has 1 N–H and O–H groups in total. The normalized spacial score (nSPS) is 10.3. The molecule has 0 unspecified atom stereocenters. The molecule has 2 aromatic rings. The molecular weight excluding hydrogens is 313 g/mol. The van der Waals surface area contributed by atoms with E-state index in [0.29, 0.717) is 27.1 Å². The number of nitrogens with one attached hydrogen (secondary N) is 1. The first-order valence-corrected chi connectivity index (χ1v) is 6.34. The number of carbonyl (C=O) groups excluding carboxylic acids is 1. The van der Waals surface area contributed by atoms with Crippen LogP contribution >= 0.6 is 15.9 Å². The SMILES string of the molecule is Cc1cc(C(=O)Nc2cc(F)ccc2Br)c(C)nn1. The van der Waals surface area contributed by atoms with Crippen LogP contribution in [0.3, 0.4) is 0 Å². The van der Waals surface area contributed by atoms with E-state index < -0.39 is 5.82 Å². The van der Waals surface area contributed by atoms with Crippen molar-refractivity contribution in [2.45, 2.75) is 13.8 Å². The highest BCUT2D eigenvalue weighted by atomic mass is 79.9. The minimum atomic E-state index is -0.417. The van der Waals surface area contributed by atoms with Gasteiger partial charge in [0.25, 0.3) is 5.91 Å². The number of anilines is 1. The van der Waals surface area contributed by atoms with Crippen LogP contribution in [-0.2, 0) is 0 Å². The fourth-order valence-electron chi connectivity index (χ4n) is 1.56. The van der Waals surface area contributed by atoms with E-state index in [1.165, 1.54) is 18.2 Å². The highest BCUT2D eigenvalue weighted by Gasteiger charge is 2.13. The molecule has 0 aliphatic rings. The van der Waals surface area contributed by atoms with E-state index >= 15 is 0 Å². The smallest absolute Gasteiger partial charge is 0.257 e. The van der Waals surface area contributed by atoms with Crippen molar-refractivity contribution in [3.63, 3.8) is 0 Å². The summed E-state index contributed by atoms with van der Waals surface area (Å²) in [4.78, 5) is 12.1. The third-order valence-electron chi connectivity index (χ3n) is 2.52. The molecule has 0 aliphatic carbocycles. The fraction of sp³-hybridized carbons (Fsp3) is 0.154. The Morgan fingerprint density at radius 2 is 2.00 bits per heavy atom. The molecule has 0 bridgehead atoms. The summed E-state index contributed by atoms with van der Waals surface area (Å²) in [7, 11) is 0. The molecule has 0 aliphatic heterocycles. The van der Waals surface area contributed by atoms with Crippen molar-refractivity contribution in [2.24, 2.45) is 0 Å². The van der Waals surface area contributed by atoms with E-state index in [1.54, 1.807) is 19.9 Å². The third kappa shape index (κ3) is 3.14. The molecule has 98 valence electrons. The van der Waals surface area contributed by atoms with E-state index in [9.17, 15) is 9.18 Å². The molecule has 0 spiro atoms. The average molecular weight is 324 g/mol. The van der Waals surface area contributed by atoms with Gasteiger partial charge in [0.05, 0.1) is 22.6 Å². The molecule has 1 aromatic heterocycles. The summed E-state index contributed by atoms with van der Waals surface area (Å²) in [6.07, 6.45) is 0. The molecule has 6 heteroatoms. The third-order valence-corrected chi connectivity index (χ3v) is 3.21. The Balaban J connectivity index is 2.30. The van der Waals surface area contributed by atoms with E-state index in [2.05, 4.69) is 31.4 Å². The second-order valence-electron chi connectivity index (χ2n) is 4.06. The van der Waals surface area contributed by atoms with Crippen molar-refractivity contribution in [3.05, 3.63) is 51.5 Å². The molecule has 19 heavy (non-hydrogen) atoms. The molecule has 0 saturated heterocycles. The topological polar surface area (TPSA) is 54.9 Å². The Labute approximate surface area is 118 Å². The van der Waals surface area contributed by atoms with Crippen LogP contribution in [0.25, 0.3) is 0 Å². The zero-order valence-corrected chi connectivity index (χ0v) is 12.0. The Hall–Kier alpha value is -1.82. The second kappa shape index (κ2) is 5.44. The maximum Gasteiger partial charge on any atom is 0.257 e. The minimum Gasteiger partial charge on any atom is -0.321 e. The van der Waals surface area contributed by atoms with Gasteiger partial charge in [-0.1, -0.05) is 0 Å². The zero-order valence-electron chi connectivity index (χ0n) is 10.4. The van der Waals surface area contributed by atoms with Gasteiger partial charge < -0.3 is 5.32 Å². The molecule has 0 radical (unpaired) electrons. The van der Waals surface area contributed by atoms with E-state index in [-0.39, 0.29) is 5.91 Å². The molecule has 0 atom stereocenters. The van der Waals surface area contributed by atoms with Crippen LogP contribution < -0.4 is 5.32 Å². The number of halogens is 2. The number of carbonyl (C=O) groups is 1. The fourth-order valence-corrected chi connectivity index (χ4v) is 1.91. The number of hydrogen-bond donors (Lipinski definition) is 1. The first-order chi connectivity index (χ1) is 8.97. The number of aryl methyl sites for hydroxylation is 2. The average Bonchev–Trinajstić information content (AvgIpc) is 2.36. The predicted octanol–water partition coefficient (Wildman–Crippen LogP) is 3.25. The Bertz CT molecular complexity index is 646. The lowest BCUT2D eigenvalue weighted by atomic mass is 10.2. The molecular formula is C13H11BrFN3O. The van der Waals surface area contributed by atoms with Crippen LogP contribution in [0, 0.1) is 19.7 Å². The van der Waals surface area contributed by atoms with Gasteiger partial charge in [0.2, 0.25) is 0 Å². The largest absolute Gasteiger partial charge is 0.321 e. The van der Waals surface area contributed by atoms with Gasteiger partial charge in [-0.05, 0) is 54.0 Å². The van der Waals surface area contributed by atoms with Gasteiger partial charge in [0, 0.05) is 4.47 Å². The van der Waals surface area contributed by atoms with Crippen LogP contribution in [0.5, 0.6) is 0 Å². The van der Waals surface area contributed by atoms with E-state index in [0.717, 1.165) is 0 Å². The molecule has 0 saturated carbocycles. The number of rotatable bonds is 2. The Morgan fingerprint density at radius 3 is 2.74 bits per heavy atom. The van der Waals surface area contributed by atoms with Crippen molar-refractivity contribution >= 4 is 27.5 Å². The first-order valence-electron chi connectivity index (χ1n) is 5.54. The van der Waals surface area contributed by atoms with Crippen molar-refractivity contribution < 1.29 is 9.18 Å². The van der Waals surface area contributed by atoms with Gasteiger partial charge in [-0.2, -0.15) is 10.2 Å². The van der Waals surface area contributed by atoms with Crippen molar-refractivity contribution in [1.29, 1.82) is 0 Å². The molecule has 1 heterocycles. The van der Waals surface area contributed by atoms with Crippen LogP contribution in [0.2, 0.25) is 0 Å². The lowest BCUT2D eigenvalue weighted by Gasteiger charge is -2.09. The van der Waals surface area contributed by atoms with Crippen LogP contribution in [0.4, 0.5) is 10.1 Å². The van der Waals surface area contributed by atoms with E-state index in [4.69, 9.17) is 0 Å². The van der Waals surface area contributed by atoms with Crippen LogP contribution in [0.15, 0.2) is 28.7 Å². The standard InChI is InChI=1S/C13H11BrFN3O/c1-7-5-10(8(2)18-17-7)13(19)16-12-6-9(15)3-4-11(12)14/h3-6H,1-2H3,(H,16,19). The Morgan fingerprint density at radius 1 is 1.26 bits per heavy atom. The highest BCUT2D eigenvalue weighted by Crippen LogP contribution is 2.23. The monoisotopic (exact) mass is 323 g/mol. The zero-order chi connectivity index (χ0) is 14.0. The van der Waals surface area contributed by atoms with Gasteiger partial charge >= 0.3 is 0 Å². The van der Waals surface area contributed by atoms with Crippen LogP contribution in [0.1, 0.15) is 21.7 Å². The van der Waals surface area contributed by atoms with Crippen molar-refractivity contribution in [3.8, 4) is 0 Å². The summed E-state index contributed by atoms with van der Waals surface area (Å²) < 4.78 is 13.8. The van der Waals surface area contributed by atoms with Crippen molar-refractivity contribution in [2.75, 3.05) is 5.32 Å².